The van der Waals surface area contributed by atoms with Crippen LogP contribution in [-0.2, 0) is 0 Å². The molecule has 2 aliphatic heterocycles. The standard InChI is InChI=1S/C22H28N2O/c25-22-15-21(16-23-13-5-2-6-14-23)24(17-22)20-11-9-19(10-12-20)18-7-3-1-4-8-18/h1,3-4,7-12,21-22,25H,2,5-6,13-17H2/t21?,22-/m0/s1. The lowest BCUT2D eigenvalue weighted by atomic mass is 10.0. The number of hydrogen-bond acceptors (Lipinski definition) is 3. The van der Waals surface area contributed by atoms with E-state index < -0.39 is 0 Å². The fourth-order valence-corrected chi connectivity index (χ4v) is 4.30. The van der Waals surface area contributed by atoms with Crippen molar-refractivity contribution in [3.8, 4) is 11.1 Å². The lowest BCUT2D eigenvalue weighted by molar-refractivity contribution is 0.180. The summed E-state index contributed by atoms with van der Waals surface area (Å²) in [6.07, 6.45) is 4.69. The Balaban J connectivity index is 1.48. The van der Waals surface area contributed by atoms with Gasteiger partial charge in [0, 0.05) is 24.8 Å². The van der Waals surface area contributed by atoms with Gasteiger partial charge in [-0.1, -0.05) is 48.9 Å². The Morgan fingerprint density at radius 1 is 0.840 bits per heavy atom. The van der Waals surface area contributed by atoms with Crippen molar-refractivity contribution >= 4 is 5.69 Å². The van der Waals surface area contributed by atoms with Crippen molar-refractivity contribution in [2.24, 2.45) is 0 Å². The van der Waals surface area contributed by atoms with Gasteiger partial charge in [-0.15, -0.1) is 0 Å². The van der Waals surface area contributed by atoms with Gasteiger partial charge in [-0.2, -0.15) is 0 Å². The van der Waals surface area contributed by atoms with Gasteiger partial charge in [-0.25, -0.2) is 0 Å². The fraction of sp³-hybridized carbons (Fsp3) is 0.455. The molecule has 3 nitrogen and oxygen atoms in total. The van der Waals surface area contributed by atoms with Crippen LogP contribution in [0.4, 0.5) is 5.69 Å². The molecular weight excluding hydrogens is 308 g/mol. The van der Waals surface area contributed by atoms with Crippen LogP contribution >= 0.6 is 0 Å². The maximum atomic E-state index is 10.2. The van der Waals surface area contributed by atoms with E-state index in [9.17, 15) is 5.11 Å². The van der Waals surface area contributed by atoms with Gasteiger partial charge < -0.3 is 14.9 Å². The van der Waals surface area contributed by atoms with Gasteiger partial charge >= 0.3 is 0 Å². The van der Waals surface area contributed by atoms with Crippen LogP contribution in [0.15, 0.2) is 54.6 Å². The van der Waals surface area contributed by atoms with E-state index in [-0.39, 0.29) is 6.10 Å². The van der Waals surface area contributed by atoms with Gasteiger partial charge in [0.15, 0.2) is 0 Å². The summed E-state index contributed by atoms with van der Waals surface area (Å²) in [5, 5.41) is 10.2. The largest absolute Gasteiger partial charge is 0.391 e. The molecule has 1 unspecified atom stereocenters. The summed E-state index contributed by atoms with van der Waals surface area (Å²) < 4.78 is 0. The first kappa shape index (κ1) is 16.6. The Kier molecular flexibility index (Phi) is 5.04. The summed E-state index contributed by atoms with van der Waals surface area (Å²) >= 11 is 0. The number of anilines is 1. The number of aliphatic hydroxyl groups is 1. The highest BCUT2D eigenvalue weighted by Gasteiger charge is 2.32. The minimum absolute atomic E-state index is 0.205. The molecule has 4 rings (SSSR count). The van der Waals surface area contributed by atoms with E-state index in [2.05, 4.69) is 64.4 Å². The molecule has 2 atom stereocenters. The molecule has 0 aliphatic carbocycles. The van der Waals surface area contributed by atoms with Gasteiger partial charge in [0.05, 0.1) is 6.10 Å². The molecule has 2 fully saturated rings. The highest BCUT2D eigenvalue weighted by Crippen LogP contribution is 2.29. The second-order valence-electron chi connectivity index (χ2n) is 7.47. The molecule has 0 saturated carbocycles. The molecule has 3 heteroatoms. The minimum Gasteiger partial charge on any atom is -0.391 e. The van der Waals surface area contributed by atoms with Gasteiger partial charge in [0.25, 0.3) is 0 Å². The lowest BCUT2D eigenvalue weighted by Gasteiger charge is -2.33. The highest BCUT2D eigenvalue weighted by atomic mass is 16.3. The van der Waals surface area contributed by atoms with Gasteiger partial charge in [-0.05, 0) is 55.6 Å². The number of likely N-dealkylation sites (tertiary alicyclic amines) is 1. The first-order valence-electron chi connectivity index (χ1n) is 9.62. The molecule has 2 heterocycles. The van der Waals surface area contributed by atoms with Gasteiger partial charge in [0.1, 0.15) is 0 Å². The van der Waals surface area contributed by atoms with Crippen LogP contribution in [0.2, 0.25) is 0 Å². The zero-order valence-corrected chi connectivity index (χ0v) is 14.8. The van der Waals surface area contributed by atoms with Crippen molar-refractivity contribution in [3.63, 3.8) is 0 Å². The number of β-amino-alcohol motifs (C(OH)–C–C–N with tert-alkyl or cyclic N) is 1. The zero-order valence-electron chi connectivity index (χ0n) is 14.8. The first-order chi connectivity index (χ1) is 12.3. The van der Waals surface area contributed by atoms with Crippen molar-refractivity contribution in [2.45, 2.75) is 37.8 Å². The van der Waals surface area contributed by atoms with Crippen molar-refractivity contribution in [1.82, 2.24) is 4.90 Å². The molecule has 25 heavy (non-hydrogen) atoms. The van der Waals surface area contributed by atoms with Crippen molar-refractivity contribution < 1.29 is 5.11 Å². The first-order valence-corrected chi connectivity index (χ1v) is 9.62. The number of aliphatic hydroxyl groups excluding tert-OH is 1. The quantitative estimate of drug-likeness (QED) is 0.920. The van der Waals surface area contributed by atoms with E-state index in [1.54, 1.807) is 0 Å². The number of piperidine rings is 1. The predicted molar refractivity (Wildman–Crippen MR) is 104 cm³/mol. The molecule has 2 aromatic rings. The Hall–Kier alpha value is -1.84. The normalized spacial score (nSPS) is 24.6. The summed E-state index contributed by atoms with van der Waals surface area (Å²) in [5.41, 5.74) is 3.73. The zero-order chi connectivity index (χ0) is 17.1. The molecule has 0 amide bonds. The molecule has 0 aromatic heterocycles. The number of hydrogen-bond donors (Lipinski definition) is 1. The summed E-state index contributed by atoms with van der Waals surface area (Å²) in [4.78, 5) is 4.99. The molecule has 0 bridgehead atoms. The second kappa shape index (κ2) is 7.59. The Bertz CT molecular complexity index is 664. The van der Waals surface area contributed by atoms with E-state index >= 15 is 0 Å². The van der Waals surface area contributed by atoms with E-state index in [0.717, 1.165) is 19.5 Å². The van der Waals surface area contributed by atoms with Crippen LogP contribution in [0.3, 0.4) is 0 Å². The summed E-state index contributed by atoms with van der Waals surface area (Å²) in [5.74, 6) is 0. The summed E-state index contributed by atoms with van der Waals surface area (Å²) in [6, 6.07) is 19.8. The topological polar surface area (TPSA) is 26.7 Å². The molecule has 2 saturated heterocycles. The molecule has 1 N–H and O–H groups in total. The van der Waals surface area contributed by atoms with E-state index in [0.29, 0.717) is 6.04 Å². The Morgan fingerprint density at radius 3 is 2.24 bits per heavy atom. The van der Waals surface area contributed by atoms with Crippen LogP contribution in [0.25, 0.3) is 11.1 Å². The minimum atomic E-state index is -0.205. The van der Waals surface area contributed by atoms with E-state index in [4.69, 9.17) is 0 Å². The van der Waals surface area contributed by atoms with Gasteiger partial charge in [0.2, 0.25) is 0 Å². The third kappa shape index (κ3) is 3.88. The Morgan fingerprint density at radius 2 is 1.52 bits per heavy atom. The number of rotatable bonds is 4. The van der Waals surface area contributed by atoms with E-state index in [1.807, 2.05) is 0 Å². The Labute approximate surface area is 150 Å². The molecule has 0 radical (unpaired) electrons. The predicted octanol–water partition coefficient (Wildman–Crippen LogP) is 3.78. The van der Waals surface area contributed by atoms with Crippen LogP contribution < -0.4 is 4.90 Å². The van der Waals surface area contributed by atoms with Crippen molar-refractivity contribution in [3.05, 3.63) is 54.6 Å². The summed E-state index contributed by atoms with van der Waals surface area (Å²) in [6.45, 7) is 4.27. The highest BCUT2D eigenvalue weighted by molar-refractivity contribution is 5.66. The third-order valence-corrected chi connectivity index (χ3v) is 5.62. The number of nitrogens with zero attached hydrogens (tertiary/aromatic N) is 2. The second-order valence-corrected chi connectivity index (χ2v) is 7.47. The van der Waals surface area contributed by atoms with Crippen molar-refractivity contribution in [1.29, 1.82) is 0 Å². The average Bonchev–Trinajstić information content (AvgIpc) is 3.03. The molecule has 2 aromatic carbocycles. The number of benzene rings is 2. The third-order valence-electron chi connectivity index (χ3n) is 5.62. The molecule has 0 spiro atoms. The van der Waals surface area contributed by atoms with Gasteiger partial charge in [-0.3, -0.25) is 0 Å². The fourth-order valence-electron chi connectivity index (χ4n) is 4.30. The van der Waals surface area contributed by atoms with E-state index in [1.165, 1.54) is 49.2 Å². The maximum Gasteiger partial charge on any atom is 0.0735 e. The molecule has 2 aliphatic rings. The lowest BCUT2D eigenvalue weighted by Crippen LogP contribution is -2.42. The van der Waals surface area contributed by atoms with Crippen molar-refractivity contribution in [2.75, 3.05) is 31.1 Å². The van der Waals surface area contributed by atoms with Crippen LogP contribution in [0, 0.1) is 0 Å². The van der Waals surface area contributed by atoms with Crippen LogP contribution in [0.5, 0.6) is 0 Å². The molecule has 132 valence electrons. The van der Waals surface area contributed by atoms with Crippen LogP contribution in [0.1, 0.15) is 25.7 Å². The van der Waals surface area contributed by atoms with Crippen LogP contribution in [-0.4, -0.2) is 48.3 Å². The maximum absolute atomic E-state index is 10.2. The monoisotopic (exact) mass is 336 g/mol. The summed E-state index contributed by atoms with van der Waals surface area (Å²) in [7, 11) is 0. The SMILES string of the molecule is O[C@H]1CC(CN2CCCCC2)N(c2ccc(-c3ccccc3)cc2)C1. The smallest absolute Gasteiger partial charge is 0.0735 e. The average molecular weight is 336 g/mol. The molecular formula is C22H28N2O.